The molecular weight excluding hydrogens is 340 g/mol. The molecule has 0 saturated carbocycles. The first-order valence-electron chi connectivity index (χ1n) is 8.92. The summed E-state index contributed by atoms with van der Waals surface area (Å²) in [6.07, 6.45) is 0.744. The molecule has 0 unspecified atom stereocenters. The van der Waals surface area contributed by atoms with Crippen molar-refractivity contribution in [1.82, 2.24) is 5.01 Å². The summed E-state index contributed by atoms with van der Waals surface area (Å²) in [5.41, 5.74) is 7.36. The fourth-order valence-corrected chi connectivity index (χ4v) is 4.43. The topological polar surface area (TPSA) is 24.8 Å². The largest absolute Gasteiger partial charge is 0.464 e. The quantitative estimate of drug-likeness (QED) is 0.593. The van der Waals surface area contributed by atoms with Crippen molar-refractivity contribution >= 4 is 17.0 Å². The van der Waals surface area contributed by atoms with E-state index in [-0.39, 0.29) is 12.3 Å². The van der Waals surface area contributed by atoms with Crippen LogP contribution >= 0.6 is 11.3 Å². The smallest absolute Gasteiger partial charge is 0.214 e. The number of hydrogen-bond donors (Lipinski definition) is 0. The van der Waals surface area contributed by atoms with Crippen LogP contribution in [0.5, 0.6) is 5.75 Å². The molecule has 2 atom stereocenters. The zero-order valence-corrected chi connectivity index (χ0v) is 15.7. The van der Waals surface area contributed by atoms with Crippen LogP contribution < -0.4 is 4.74 Å². The van der Waals surface area contributed by atoms with E-state index in [1.54, 1.807) is 11.3 Å². The number of hydrogen-bond acceptors (Lipinski definition) is 4. The van der Waals surface area contributed by atoms with Crippen molar-refractivity contribution in [1.29, 1.82) is 0 Å². The van der Waals surface area contributed by atoms with Gasteiger partial charge in [-0.3, -0.25) is 0 Å². The van der Waals surface area contributed by atoms with E-state index in [2.05, 4.69) is 72.1 Å². The zero-order valence-electron chi connectivity index (χ0n) is 14.8. The fraction of sp³-hybridized carbons (Fsp3) is 0.227. The van der Waals surface area contributed by atoms with E-state index < -0.39 is 0 Å². The van der Waals surface area contributed by atoms with Gasteiger partial charge in [0.05, 0.1) is 11.8 Å². The standard InChI is InChI=1S/C22H20N2OS/c1-14-7-8-16(11-15(14)2)19-12-20-18-5-3-4-6-21(18)25-22(24(20)23-19)17-9-10-26-13-17/h3-11,13,20,22H,12H2,1-2H3/t20-,22+/m0/s1. The van der Waals surface area contributed by atoms with Crippen LogP contribution in [0, 0.1) is 13.8 Å². The maximum atomic E-state index is 6.34. The Morgan fingerprint density at radius 1 is 1.08 bits per heavy atom. The minimum atomic E-state index is -0.162. The molecule has 0 aliphatic carbocycles. The third-order valence-electron chi connectivity index (χ3n) is 5.37. The van der Waals surface area contributed by atoms with Gasteiger partial charge in [0.25, 0.3) is 0 Å². The number of nitrogens with zero attached hydrogens (tertiary/aromatic N) is 2. The average Bonchev–Trinajstić information content (AvgIpc) is 3.33. The number of para-hydroxylation sites is 1. The highest BCUT2D eigenvalue weighted by atomic mass is 32.1. The van der Waals surface area contributed by atoms with Gasteiger partial charge in [-0.1, -0.05) is 30.3 Å². The Morgan fingerprint density at radius 3 is 2.77 bits per heavy atom. The second-order valence-electron chi connectivity index (χ2n) is 7.01. The first-order chi connectivity index (χ1) is 12.7. The van der Waals surface area contributed by atoms with Crippen molar-refractivity contribution in [3.63, 3.8) is 0 Å². The van der Waals surface area contributed by atoms with Gasteiger partial charge < -0.3 is 4.74 Å². The molecule has 0 amide bonds. The number of hydrazone groups is 1. The van der Waals surface area contributed by atoms with Crippen molar-refractivity contribution in [2.45, 2.75) is 32.5 Å². The normalized spacial score (nSPS) is 21.0. The molecule has 3 aromatic rings. The summed E-state index contributed by atoms with van der Waals surface area (Å²) in [5, 5.41) is 11.4. The van der Waals surface area contributed by atoms with Crippen LogP contribution in [-0.2, 0) is 0 Å². The minimum absolute atomic E-state index is 0.162. The van der Waals surface area contributed by atoms with Crippen LogP contribution in [0.4, 0.5) is 0 Å². The van der Waals surface area contributed by atoms with Crippen LogP contribution in [0.15, 0.2) is 64.4 Å². The van der Waals surface area contributed by atoms with E-state index in [1.165, 1.54) is 27.8 Å². The molecule has 5 rings (SSSR count). The van der Waals surface area contributed by atoms with Crippen LogP contribution in [-0.4, -0.2) is 10.7 Å². The summed E-state index contributed by atoms with van der Waals surface area (Å²) in [7, 11) is 0. The monoisotopic (exact) mass is 360 g/mol. The molecule has 0 fully saturated rings. The van der Waals surface area contributed by atoms with Gasteiger partial charge in [0.1, 0.15) is 5.75 Å². The van der Waals surface area contributed by atoms with E-state index in [9.17, 15) is 0 Å². The molecule has 1 aromatic heterocycles. The molecule has 2 aliphatic rings. The van der Waals surface area contributed by atoms with E-state index >= 15 is 0 Å². The lowest BCUT2D eigenvalue weighted by atomic mass is 9.95. The molecule has 2 aromatic carbocycles. The van der Waals surface area contributed by atoms with Crippen LogP contribution in [0.3, 0.4) is 0 Å². The molecule has 130 valence electrons. The highest BCUT2D eigenvalue weighted by molar-refractivity contribution is 7.07. The van der Waals surface area contributed by atoms with Gasteiger partial charge >= 0.3 is 0 Å². The summed E-state index contributed by atoms with van der Waals surface area (Å²) in [4.78, 5) is 0. The molecule has 2 aliphatic heterocycles. The Balaban J connectivity index is 1.59. The fourth-order valence-electron chi connectivity index (χ4n) is 3.77. The molecule has 4 heteroatoms. The molecule has 0 N–H and O–H groups in total. The van der Waals surface area contributed by atoms with Crippen molar-refractivity contribution in [3.05, 3.63) is 87.1 Å². The van der Waals surface area contributed by atoms with Crippen molar-refractivity contribution in [3.8, 4) is 5.75 Å². The Bertz CT molecular complexity index is 993. The summed E-state index contributed by atoms with van der Waals surface area (Å²) in [6, 6.07) is 17.3. The first kappa shape index (κ1) is 15.6. The lowest BCUT2D eigenvalue weighted by Crippen LogP contribution is -2.33. The van der Waals surface area contributed by atoms with E-state index in [1.807, 2.05) is 6.07 Å². The van der Waals surface area contributed by atoms with Crippen LogP contribution in [0.1, 0.15) is 46.5 Å². The Labute approximate surface area is 157 Å². The summed E-state index contributed by atoms with van der Waals surface area (Å²) >= 11 is 1.69. The number of benzene rings is 2. The lowest BCUT2D eigenvalue weighted by molar-refractivity contribution is -0.0187. The molecule has 3 heterocycles. The summed E-state index contributed by atoms with van der Waals surface area (Å²) in [6.45, 7) is 4.31. The lowest BCUT2D eigenvalue weighted by Gasteiger charge is -2.37. The average molecular weight is 360 g/mol. The molecular formula is C22H20N2OS. The van der Waals surface area contributed by atoms with Crippen LogP contribution in [0.25, 0.3) is 0 Å². The van der Waals surface area contributed by atoms with E-state index in [0.717, 1.165) is 17.9 Å². The van der Waals surface area contributed by atoms with Gasteiger partial charge in [-0.2, -0.15) is 16.4 Å². The number of fused-ring (bicyclic) bond motifs is 3. The van der Waals surface area contributed by atoms with Gasteiger partial charge in [-0.15, -0.1) is 0 Å². The third-order valence-corrected chi connectivity index (χ3v) is 6.07. The number of aryl methyl sites for hydroxylation is 2. The predicted octanol–water partition coefficient (Wildman–Crippen LogP) is 5.61. The maximum Gasteiger partial charge on any atom is 0.214 e. The Kier molecular flexibility index (Phi) is 3.61. The van der Waals surface area contributed by atoms with Gasteiger partial charge in [-0.05, 0) is 59.5 Å². The molecule has 26 heavy (non-hydrogen) atoms. The second-order valence-corrected chi connectivity index (χ2v) is 7.79. The molecule has 0 radical (unpaired) electrons. The molecule has 0 saturated heterocycles. The van der Waals surface area contributed by atoms with Crippen molar-refractivity contribution in [2.75, 3.05) is 0 Å². The van der Waals surface area contributed by atoms with Gasteiger partial charge in [0.2, 0.25) is 6.23 Å². The molecule has 0 bridgehead atoms. The SMILES string of the molecule is Cc1ccc(C2=NN3[C@@H](c4ccsc4)Oc4ccccc4[C@@H]3C2)cc1C. The third kappa shape index (κ3) is 2.44. The van der Waals surface area contributed by atoms with Crippen LogP contribution in [0.2, 0.25) is 0 Å². The van der Waals surface area contributed by atoms with Crippen molar-refractivity contribution < 1.29 is 4.74 Å². The van der Waals surface area contributed by atoms with E-state index in [4.69, 9.17) is 9.84 Å². The highest BCUT2D eigenvalue weighted by Gasteiger charge is 2.40. The Morgan fingerprint density at radius 2 is 1.96 bits per heavy atom. The Hall–Kier alpha value is -2.59. The molecule has 3 nitrogen and oxygen atoms in total. The number of ether oxygens (including phenoxy) is 1. The van der Waals surface area contributed by atoms with Gasteiger partial charge in [0.15, 0.2) is 0 Å². The summed E-state index contributed by atoms with van der Waals surface area (Å²) in [5.74, 6) is 0.974. The number of rotatable bonds is 2. The van der Waals surface area contributed by atoms with Gasteiger partial charge in [-0.25, -0.2) is 5.01 Å². The first-order valence-corrected chi connectivity index (χ1v) is 9.86. The second kappa shape index (κ2) is 5.99. The maximum absolute atomic E-state index is 6.34. The summed E-state index contributed by atoms with van der Waals surface area (Å²) < 4.78 is 6.34. The predicted molar refractivity (Wildman–Crippen MR) is 106 cm³/mol. The zero-order chi connectivity index (χ0) is 17.7. The van der Waals surface area contributed by atoms with E-state index in [0.29, 0.717) is 0 Å². The number of thiophene rings is 1. The minimum Gasteiger partial charge on any atom is -0.464 e. The van der Waals surface area contributed by atoms with Gasteiger partial charge in [0, 0.05) is 17.5 Å². The molecule has 0 spiro atoms. The van der Waals surface area contributed by atoms with Crippen molar-refractivity contribution in [2.24, 2.45) is 5.10 Å². The highest BCUT2D eigenvalue weighted by Crippen LogP contribution is 2.47.